The summed E-state index contributed by atoms with van der Waals surface area (Å²) in [6.45, 7) is 0.662. The molecular formula is C21H19NO2S2. The van der Waals surface area contributed by atoms with Gasteiger partial charge in [-0.3, -0.25) is 4.79 Å². The van der Waals surface area contributed by atoms with Crippen LogP contribution in [0.4, 0.5) is 0 Å². The van der Waals surface area contributed by atoms with Crippen molar-refractivity contribution in [3.8, 4) is 11.5 Å². The second-order valence-electron chi connectivity index (χ2n) is 6.09. The van der Waals surface area contributed by atoms with Crippen LogP contribution in [-0.4, -0.2) is 18.2 Å². The van der Waals surface area contributed by atoms with Crippen LogP contribution in [0.2, 0.25) is 0 Å². The van der Waals surface area contributed by atoms with Crippen LogP contribution in [0.1, 0.15) is 22.6 Å². The first-order chi connectivity index (χ1) is 12.8. The zero-order valence-corrected chi connectivity index (χ0v) is 15.8. The summed E-state index contributed by atoms with van der Waals surface area (Å²) in [5, 5.41) is 7.36. The number of fused-ring (bicyclic) bond motifs is 2. The Bertz CT molecular complexity index is 847. The standard InChI is InChI=1S/C21H19NO2S2/c23-21(22-10-12-26-14-15-9-11-25-13-15)20-16-5-1-3-7-18(16)24-19-8-4-2-6-17(19)20/h1-9,11,13,20H,10,12,14H2,(H,22,23). The van der Waals surface area contributed by atoms with E-state index in [1.165, 1.54) is 5.56 Å². The molecule has 0 spiro atoms. The first kappa shape index (κ1) is 17.2. The average Bonchev–Trinajstić information content (AvgIpc) is 3.19. The van der Waals surface area contributed by atoms with E-state index in [1.807, 2.05) is 60.3 Å². The van der Waals surface area contributed by atoms with Crippen LogP contribution < -0.4 is 10.1 Å². The van der Waals surface area contributed by atoms with Gasteiger partial charge in [-0.15, -0.1) is 0 Å². The van der Waals surface area contributed by atoms with Gasteiger partial charge < -0.3 is 10.1 Å². The fourth-order valence-electron chi connectivity index (χ4n) is 3.11. The molecule has 0 bridgehead atoms. The summed E-state index contributed by atoms with van der Waals surface area (Å²) in [4.78, 5) is 12.9. The maximum atomic E-state index is 12.9. The summed E-state index contributed by atoms with van der Waals surface area (Å²) in [5.41, 5.74) is 3.20. The molecule has 1 aromatic heterocycles. The zero-order chi connectivity index (χ0) is 17.8. The Hall–Kier alpha value is -2.24. The van der Waals surface area contributed by atoms with Crippen LogP contribution in [0, 0.1) is 0 Å². The molecule has 1 aliphatic heterocycles. The summed E-state index contributed by atoms with van der Waals surface area (Å²) in [5.74, 6) is 3.12. The number of rotatable bonds is 6. The Morgan fingerprint density at radius 2 is 1.73 bits per heavy atom. The van der Waals surface area contributed by atoms with Gasteiger partial charge >= 0.3 is 0 Å². The number of benzene rings is 2. The third kappa shape index (κ3) is 3.64. The molecule has 26 heavy (non-hydrogen) atoms. The van der Waals surface area contributed by atoms with Crippen LogP contribution in [-0.2, 0) is 10.5 Å². The van der Waals surface area contributed by atoms with Crippen LogP contribution in [0.25, 0.3) is 0 Å². The monoisotopic (exact) mass is 381 g/mol. The molecule has 1 amide bonds. The third-order valence-electron chi connectivity index (χ3n) is 4.34. The lowest BCUT2D eigenvalue weighted by atomic mass is 9.87. The Morgan fingerprint density at radius 1 is 1.04 bits per heavy atom. The first-order valence-electron chi connectivity index (χ1n) is 8.55. The Kier molecular flexibility index (Phi) is 5.27. The SMILES string of the molecule is O=C(NCCSCc1ccsc1)C1c2ccccc2Oc2ccccc21. The smallest absolute Gasteiger partial charge is 0.232 e. The number of amides is 1. The van der Waals surface area contributed by atoms with E-state index in [2.05, 4.69) is 22.1 Å². The summed E-state index contributed by atoms with van der Waals surface area (Å²) in [6, 6.07) is 17.7. The molecular weight excluding hydrogens is 362 g/mol. The molecule has 0 saturated carbocycles. The maximum absolute atomic E-state index is 12.9. The maximum Gasteiger partial charge on any atom is 0.232 e. The topological polar surface area (TPSA) is 38.3 Å². The molecule has 4 rings (SSSR count). The summed E-state index contributed by atoms with van der Waals surface area (Å²) in [7, 11) is 0. The second-order valence-corrected chi connectivity index (χ2v) is 7.97. The van der Waals surface area contributed by atoms with Crippen molar-refractivity contribution < 1.29 is 9.53 Å². The highest BCUT2D eigenvalue weighted by Crippen LogP contribution is 2.43. The summed E-state index contributed by atoms with van der Waals surface area (Å²) in [6.07, 6.45) is 0. The molecule has 5 heteroatoms. The van der Waals surface area contributed by atoms with E-state index in [0.29, 0.717) is 6.54 Å². The molecule has 0 saturated heterocycles. The number of nitrogens with one attached hydrogen (secondary N) is 1. The average molecular weight is 382 g/mol. The highest BCUT2D eigenvalue weighted by molar-refractivity contribution is 7.98. The molecule has 0 radical (unpaired) electrons. The van der Waals surface area contributed by atoms with Crippen molar-refractivity contribution >= 4 is 29.0 Å². The van der Waals surface area contributed by atoms with Crippen molar-refractivity contribution in [3.05, 3.63) is 82.0 Å². The van der Waals surface area contributed by atoms with Gasteiger partial charge in [-0.05, 0) is 34.5 Å². The molecule has 2 heterocycles. The lowest BCUT2D eigenvalue weighted by Gasteiger charge is -2.27. The molecule has 1 N–H and O–H groups in total. The van der Waals surface area contributed by atoms with Crippen molar-refractivity contribution in [1.82, 2.24) is 5.32 Å². The van der Waals surface area contributed by atoms with Gasteiger partial charge in [0.05, 0.1) is 5.92 Å². The number of thioether (sulfide) groups is 1. The van der Waals surface area contributed by atoms with Crippen molar-refractivity contribution in [2.75, 3.05) is 12.3 Å². The predicted octanol–water partition coefficient (Wildman–Crippen LogP) is 5.04. The quantitative estimate of drug-likeness (QED) is 0.608. The number of carbonyl (C=O) groups is 1. The van der Waals surface area contributed by atoms with Gasteiger partial charge in [-0.2, -0.15) is 23.1 Å². The van der Waals surface area contributed by atoms with Gasteiger partial charge in [-0.1, -0.05) is 36.4 Å². The lowest BCUT2D eigenvalue weighted by Crippen LogP contribution is -2.33. The summed E-state index contributed by atoms with van der Waals surface area (Å²) < 4.78 is 5.96. The molecule has 1 aliphatic rings. The van der Waals surface area contributed by atoms with E-state index in [1.54, 1.807) is 11.3 Å². The highest BCUT2D eigenvalue weighted by atomic mass is 32.2. The van der Waals surface area contributed by atoms with E-state index in [0.717, 1.165) is 34.1 Å². The number of carbonyl (C=O) groups excluding carboxylic acids is 1. The molecule has 0 atom stereocenters. The van der Waals surface area contributed by atoms with Gasteiger partial charge in [0.1, 0.15) is 11.5 Å². The van der Waals surface area contributed by atoms with Crippen LogP contribution >= 0.6 is 23.1 Å². The molecule has 0 unspecified atom stereocenters. The number of ether oxygens (including phenoxy) is 1. The zero-order valence-electron chi connectivity index (χ0n) is 14.2. The molecule has 0 aliphatic carbocycles. The van der Waals surface area contributed by atoms with Crippen molar-refractivity contribution in [2.45, 2.75) is 11.7 Å². The van der Waals surface area contributed by atoms with E-state index in [-0.39, 0.29) is 11.8 Å². The van der Waals surface area contributed by atoms with Gasteiger partial charge in [0.2, 0.25) is 5.91 Å². The van der Waals surface area contributed by atoms with Crippen LogP contribution in [0.3, 0.4) is 0 Å². The summed E-state index contributed by atoms with van der Waals surface area (Å²) >= 11 is 3.56. The fraction of sp³-hybridized carbons (Fsp3) is 0.190. The molecule has 2 aromatic carbocycles. The van der Waals surface area contributed by atoms with Gasteiger partial charge in [0.25, 0.3) is 0 Å². The molecule has 3 aromatic rings. The number of thiophene rings is 1. The highest BCUT2D eigenvalue weighted by Gasteiger charge is 2.31. The Balaban J connectivity index is 1.42. The number of hydrogen-bond acceptors (Lipinski definition) is 4. The minimum absolute atomic E-state index is 0.0318. The van der Waals surface area contributed by atoms with Crippen LogP contribution in [0.15, 0.2) is 65.4 Å². The van der Waals surface area contributed by atoms with E-state index in [9.17, 15) is 4.79 Å². The lowest BCUT2D eigenvalue weighted by molar-refractivity contribution is -0.121. The van der Waals surface area contributed by atoms with Crippen molar-refractivity contribution in [2.24, 2.45) is 0 Å². The van der Waals surface area contributed by atoms with E-state index >= 15 is 0 Å². The van der Waals surface area contributed by atoms with Crippen LogP contribution in [0.5, 0.6) is 11.5 Å². The molecule has 132 valence electrons. The minimum Gasteiger partial charge on any atom is -0.457 e. The fourth-order valence-corrected chi connectivity index (χ4v) is 4.69. The minimum atomic E-state index is -0.321. The number of hydrogen-bond donors (Lipinski definition) is 1. The van der Waals surface area contributed by atoms with Crippen molar-refractivity contribution in [3.63, 3.8) is 0 Å². The van der Waals surface area contributed by atoms with Crippen molar-refractivity contribution in [1.29, 1.82) is 0 Å². The van der Waals surface area contributed by atoms with E-state index in [4.69, 9.17) is 4.74 Å². The van der Waals surface area contributed by atoms with Gasteiger partial charge in [0, 0.05) is 29.2 Å². The normalized spacial score (nSPS) is 12.8. The van der Waals surface area contributed by atoms with Gasteiger partial charge in [-0.25, -0.2) is 0 Å². The predicted molar refractivity (Wildman–Crippen MR) is 108 cm³/mol. The largest absolute Gasteiger partial charge is 0.457 e. The number of para-hydroxylation sites is 2. The first-order valence-corrected chi connectivity index (χ1v) is 10.6. The molecule has 0 fully saturated rings. The Morgan fingerprint density at radius 3 is 2.38 bits per heavy atom. The molecule has 3 nitrogen and oxygen atoms in total. The second kappa shape index (κ2) is 7.98. The van der Waals surface area contributed by atoms with E-state index < -0.39 is 0 Å². The third-order valence-corrected chi connectivity index (χ3v) is 6.10. The Labute approximate surface area is 161 Å². The van der Waals surface area contributed by atoms with Gasteiger partial charge in [0.15, 0.2) is 0 Å².